The van der Waals surface area contributed by atoms with E-state index in [-0.39, 0.29) is 12.6 Å². The molecule has 1 heterocycles. The molecule has 0 bridgehead atoms. The summed E-state index contributed by atoms with van der Waals surface area (Å²) in [5.41, 5.74) is 0.774. The van der Waals surface area contributed by atoms with Gasteiger partial charge in [-0.15, -0.1) is 10.2 Å². The highest BCUT2D eigenvalue weighted by Gasteiger charge is 2.23. The van der Waals surface area contributed by atoms with Gasteiger partial charge in [0.25, 0.3) is 0 Å². The number of nitrogens with one attached hydrogen (secondary N) is 2. The molecule has 1 aliphatic carbocycles. The number of hydrogen-bond acceptors (Lipinski definition) is 5. The lowest BCUT2D eigenvalue weighted by molar-refractivity contribution is 0.239. The average molecular weight is 288 g/mol. The van der Waals surface area contributed by atoms with Gasteiger partial charge in [0.15, 0.2) is 0 Å². The number of rotatable bonds is 5. The topological polar surface area (TPSA) is 89.3 Å². The van der Waals surface area contributed by atoms with Gasteiger partial charge in [0, 0.05) is 11.6 Å². The van der Waals surface area contributed by atoms with Crippen molar-refractivity contribution in [3.63, 3.8) is 0 Å². The van der Waals surface area contributed by atoms with Crippen molar-refractivity contribution in [3.8, 4) is 17.2 Å². The zero-order valence-electron chi connectivity index (χ0n) is 11.6. The van der Waals surface area contributed by atoms with Crippen LogP contribution in [0.15, 0.2) is 28.7 Å². The quantitative estimate of drug-likeness (QED) is 0.874. The molecule has 0 spiro atoms. The number of amides is 2. The van der Waals surface area contributed by atoms with Crippen LogP contribution >= 0.6 is 0 Å². The monoisotopic (exact) mass is 288 g/mol. The fourth-order valence-electron chi connectivity index (χ4n) is 1.82. The first kappa shape index (κ1) is 13.4. The first-order chi connectivity index (χ1) is 10.2. The number of methoxy groups -OCH3 is 1. The third-order valence-corrected chi connectivity index (χ3v) is 3.10. The predicted molar refractivity (Wildman–Crippen MR) is 74.7 cm³/mol. The number of carbonyl (C=O) groups excluding carboxylic acids is 1. The number of hydrogen-bond donors (Lipinski definition) is 2. The van der Waals surface area contributed by atoms with Crippen molar-refractivity contribution < 1.29 is 13.9 Å². The second-order valence-corrected chi connectivity index (χ2v) is 4.83. The Morgan fingerprint density at radius 1 is 1.43 bits per heavy atom. The van der Waals surface area contributed by atoms with E-state index in [2.05, 4.69) is 20.8 Å². The van der Waals surface area contributed by atoms with E-state index in [0.29, 0.717) is 23.6 Å². The first-order valence-corrected chi connectivity index (χ1v) is 6.76. The van der Waals surface area contributed by atoms with Crippen molar-refractivity contribution in [1.82, 2.24) is 20.8 Å². The van der Waals surface area contributed by atoms with Crippen LogP contribution in [-0.4, -0.2) is 29.4 Å². The molecule has 1 aliphatic rings. The minimum Gasteiger partial charge on any atom is -0.497 e. The van der Waals surface area contributed by atoms with E-state index in [1.54, 1.807) is 7.11 Å². The van der Waals surface area contributed by atoms with Crippen LogP contribution in [0.1, 0.15) is 18.7 Å². The van der Waals surface area contributed by atoms with Gasteiger partial charge in [-0.1, -0.05) is 6.07 Å². The summed E-state index contributed by atoms with van der Waals surface area (Å²) in [6.07, 6.45) is 2.10. The van der Waals surface area contributed by atoms with Gasteiger partial charge in [0.05, 0.1) is 13.7 Å². The van der Waals surface area contributed by atoms with Gasteiger partial charge in [0.1, 0.15) is 5.75 Å². The summed E-state index contributed by atoms with van der Waals surface area (Å²) in [4.78, 5) is 11.5. The zero-order chi connectivity index (χ0) is 14.7. The molecule has 0 unspecified atom stereocenters. The Balaban J connectivity index is 1.60. The van der Waals surface area contributed by atoms with E-state index >= 15 is 0 Å². The van der Waals surface area contributed by atoms with Gasteiger partial charge in [-0.3, -0.25) is 0 Å². The lowest BCUT2D eigenvalue weighted by Gasteiger charge is -2.03. The Bertz CT molecular complexity index is 637. The van der Waals surface area contributed by atoms with E-state index in [4.69, 9.17) is 9.15 Å². The Labute approximate surface area is 121 Å². The molecule has 0 atom stereocenters. The van der Waals surface area contributed by atoms with Gasteiger partial charge in [0.2, 0.25) is 11.8 Å². The van der Waals surface area contributed by atoms with Crippen molar-refractivity contribution in [2.45, 2.75) is 25.4 Å². The molecule has 0 aliphatic heterocycles. The Morgan fingerprint density at radius 3 is 3.05 bits per heavy atom. The predicted octanol–water partition coefficient (Wildman–Crippen LogP) is 1.71. The number of aromatic nitrogens is 2. The molecule has 3 rings (SSSR count). The largest absolute Gasteiger partial charge is 0.497 e. The summed E-state index contributed by atoms with van der Waals surface area (Å²) in [6, 6.07) is 7.46. The summed E-state index contributed by atoms with van der Waals surface area (Å²) in [6.45, 7) is 0.204. The standard InChI is InChI=1S/C14H16N4O3/c1-20-11-4-2-3-9(7-11)13-18-17-12(21-13)8-15-14(19)16-10-5-6-10/h2-4,7,10H,5-6,8H2,1H3,(H2,15,16,19). The lowest BCUT2D eigenvalue weighted by atomic mass is 10.2. The van der Waals surface area contributed by atoms with E-state index in [1.165, 1.54) is 0 Å². The fourth-order valence-corrected chi connectivity index (χ4v) is 1.82. The molecule has 0 radical (unpaired) electrons. The average Bonchev–Trinajstić information content (AvgIpc) is 3.19. The number of urea groups is 1. The Morgan fingerprint density at radius 2 is 2.29 bits per heavy atom. The van der Waals surface area contributed by atoms with Gasteiger partial charge >= 0.3 is 6.03 Å². The van der Waals surface area contributed by atoms with Crippen LogP contribution in [0.25, 0.3) is 11.5 Å². The highest BCUT2D eigenvalue weighted by Crippen LogP contribution is 2.22. The lowest BCUT2D eigenvalue weighted by Crippen LogP contribution is -2.36. The molecule has 7 nitrogen and oxygen atoms in total. The van der Waals surface area contributed by atoms with Crippen molar-refractivity contribution in [1.29, 1.82) is 0 Å². The van der Waals surface area contributed by atoms with Crippen molar-refractivity contribution in [2.75, 3.05) is 7.11 Å². The van der Waals surface area contributed by atoms with Crippen LogP contribution < -0.4 is 15.4 Å². The Kier molecular flexibility index (Phi) is 3.72. The molecule has 110 valence electrons. The first-order valence-electron chi connectivity index (χ1n) is 6.76. The van der Waals surface area contributed by atoms with Crippen molar-refractivity contribution in [2.24, 2.45) is 0 Å². The molecule has 1 aromatic carbocycles. The highest BCUT2D eigenvalue weighted by molar-refractivity contribution is 5.74. The Hall–Kier alpha value is -2.57. The SMILES string of the molecule is COc1cccc(-c2nnc(CNC(=O)NC3CC3)o2)c1. The van der Waals surface area contributed by atoms with Crippen LogP contribution in [-0.2, 0) is 6.54 Å². The van der Waals surface area contributed by atoms with Crippen LogP contribution in [0.2, 0.25) is 0 Å². The number of nitrogens with zero attached hydrogens (tertiary/aromatic N) is 2. The maximum absolute atomic E-state index is 11.5. The van der Waals surface area contributed by atoms with Crippen LogP contribution in [0.4, 0.5) is 4.79 Å². The van der Waals surface area contributed by atoms with Gasteiger partial charge in [-0.05, 0) is 31.0 Å². The van der Waals surface area contributed by atoms with Crippen LogP contribution in [0.3, 0.4) is 0 Å². The summed E-state index contributed by atoms with van der Waals surface area (Å²) in [5.74, 6) is 1.47. The molecular weight excluding hydrogens is 272 g/mol. The molecule has 7 heteroatoms. The van der Waals surface area contributed by atoms with E-state index < -0.39 is 0 Å². The van der Waals surface area contributed by atoms with Crippen LogP contribution in [0, 0.1) is 0 Å². The fraction of sp³-hybridized carbons (Fsp3) is 0.357. The number of ether oxygens (including phenoxy) is 1. The number of carbonyl (C=O) groups is 1. The molecule has 2 aromatic rings. The molecule has 1 aromatic heterocycles. The van der Waals surface area contributed by atoms with Crippen molar-refractivity contribution in [3.05, 3.63) is 30.2 Å². The molecule has 1 saturated carbocycles. The molecule has 2 N–H and O–H groups in total. The summed E-state index contributed by atoms with van der Waals surface area (Å²) in [5, 5.41) is 13.4. The second-order valence-electron chi connectivity index (χ2n) is 4.83. The minimum absolute atomic E-state index is 0.204. The third kappa shape index (κ3) is 3.50. The molecule has 21 heavy (non-hydrogen) atoms. The molecule has 2 amide bonds. The summed E-state index contributed by atoms with van der Waals surface area (Å²) >= 11 is 0. The normalized spacial score (nSPS) is 13.8. The van der Waals surface area contributed by atoms with Gasteiger partial charge in [-0.2, -0.15) is 0 Å². The number of benzene rings is 1. The minimum atomic E-state index is -0.210. The van der Waals surface area contributed by atoms with E-state index in [9.17, 15) is 4.79 Å². The third-order valence-electron chi connectivity index (χ3n) is 3.10. The van der Waals surface area contributed by atoms with E-state index in [1.807, 2.05) is 24.3 Å². The maximum atomic E-state index is 11.5. The second kappa shape index (κ2) is 5.82. The zero-order valence-corrected chi connectivity index (χ0v) is 11.6. The molecule has 0 saturated heterocycles. The van der Waals surface area contributed by atoms with E-state index in [0.717, 1.165) is 18.4 Å². The van der Waals surface area contributed by atoms with Gasteiger partial charge < -0.3 is 19.8 Å². The van der Waals surface area contributed by atoms with Crippen molar-refractivity contribution >= 4 is 6.03 Å². The maximum Gasteiger partial charge on any atom is 0.315 e. The van der Waals surface area contributed by atoms with Crippen LogP contribution in [0.5, 0.6) is 5.75 Å². The highest BCUT2D eigenvalue weighted by atomic mass is 16.5. The smallest absolute Gasteiger partial charge is 0.315 e. The molecule has 1 fully saturated rings. The summed E-state index contributed by atoms with van der Waals surface area (Å²) in [7, 11) is 1.60. The summed E-state index contributed by atoms with van der Waals surface area (Å²) < 4.78 is 10.7. The molecular formula is C14H16N4O3. The van der Waals surface area contributed by atoms with Gasteiger partial charge in [-0.25, -0.2) is 4.79 Å².